The normalized spacial score (nSPS) is 26.1. The van der Waals surface area contributed by atoms with Crippen molar-refractivity contribution in [3.8, 4) is 0 Å². The number of nitrogens with zero attached hydrogens (tertiary/aromatic N) is 2. The molecular formula is C24H24N2O2. The van der Waals surface area contributed by atoms with Crippen LogP contribution in [-0.4, -0.2) is 39.6 Å². The number of fused-ring (bicyclic) bond motifs is 3. The lowest BCUT2D eigenvalue weighted by Crippen LogP contribution is -2.44. The maximum absolute atomic E-state index is 13.4. The minimum Gasteiger partial charge on any atom is -0.396 e. The summed E-state index contributed by atoms with van der Waals surface area (Å²) in [4.78, 5) is 19.9. The van der Waals surface area contributed by atoms with Gasteiger partial charge in [0, 0.05) is 29.1 Å². The second-order valence-corrected chi connectivity index (χ2v) is 8.26. The monoisotopic (exact) mass is 372 g/mol. The third kappa shape index (κ3) is 2.71. The van der Waals surface area contributed by atoms with Crippen molar-refractivity contribution >= 4 is 16.7 Å². The van der Waals surface area contributed by atoms with Gasteiger partial charge in [-0.1, -0.05) is 54.6 Å². The number of aliphatic hydroxyl groups excluding tert-OH is 1. The number of carbonyl (C=O) groups is 1. The topological polar surface area (TPSA) is 53.4 Å². The predicted molar refractivity (Wildman–Crippen MR) is 109 cm³/mol. The molecule has 1 aromatic heterocycles. The summed E-state index contributed by atoms with van der Waals surface area (Å²) in [5.74, 6) is 0.00152. The Morgan fingerprint density at radius 3 is 2.61 bits per heavy atom. The zero-order valence-corrected chi connectivity index (χ0v) is 15.8. The third-order valence-electron chi connectivity index (χ3n) is 6.65. The summed E-state index contributed by atoms with van der Waals surface area (Å²) in [6.45, 7) is 0.109. The first-order valence-electron chi connectivity index (χ1n) is 10.0. The van der Waals surface area contributed by atoms with Crippen molar-refractivity contribution in [1.82, 2.24) is 9.88 Å². The fraction of sp³-hybridized carbons (Fsp3) is 0.333. The van der Waals surface area contributed by atoms with Crippen LogP contribution in [0.3, 0.4) is 0 Å². The number of carbonyl (C=O) groups excluding carboxylic acids is 1. The van der Waals surface area contributed by atoms with E-state index >= 15 is 0 Å². The molecule has 2 fully saturated rings. The van der Waals surface area contributed by atoms with Crippen LogP contribution in [0.1, 0.15) is 35.3 Å². The molecule has 0 unspecified atom stereocenters. The Labute approximate surface area is 164 Å². The number of aliphatic hydroxyl groups is 1. The van der Waals surface area contributed by atoms with Gasteiger partial charge < -0.3 is 10.0 Å². The first-order chi connectivity index (χ1) is 13.7. The average Bonchev–Trinajstić information content (AvgIpc) is 3.29. The van der Waals surface area contributed by atoms with E-state index in [-0.39, 0.29) is 30.0 Å². The highest BCUT2D eigenvalue weighted by molar-refractivity contribution is 5.97. The summed E-state index contributed by atoms with van der Waals surface area (Å²) in [6, 6.07) is 20.5. The first-order valence-corrected chi connectivity index (χ1v) is 10.0. The highest BCUT2D eigenvalue weighted by atomic mass is 16.3. The molecule has 3 atom stereocenters. The van der Waals surface area contributed by atoms with E-state index in [1.54, 1.807) is 6.20 Å². The lowest BCUT2D eigenvalue weighted by Gasteiger charge is -2.36. The highest BCUT2D eigenvalue weighted by Gasteiger charge is 2.57. The molecule has 1 amide bonds. The standard InChI is InChI=1S/C24H24N2O2/c27-16-24(13-17-6-2-1-3-7-17)14-20-10-11-22(24)26(20)23(28)21-12-18-8-4-5-9-19(18)15-25-21/h1-9,12,15,20,22,27H,10-11,13-14,16H2/t20-,22+,24-/m1/s1. The molecule has 2 aliphatic heterocycles. The van der Waals surface area contributed by atoms with Gasteiger partial charge in [-0.25, -0.2) is 0 Å². The Kier molecular flexibility index (Phi) is 4.17. The van der Waals surface area contributed by atoms with E-state index in [4.69, 9.17) is 0 Å². The second kappa shape index (κ2) is 6.71. The minimum absolute atomic E-state index is 0.00152. The van der Waals surface area contributed by atoms with E-state index < -0.39 is 0 Å². The Hall–Kier alpha value is -2.72. The van der Waals surface area contributed by atoms with Gasteiger partial charge in [-0.05, 0) is 42.7 Å². The van der Waals surface area contributed by atoms with Gasteiger partial charge in [-0.2, -0.15) is 0 Å². The molecule has 4 nitrogen and oxygen atoms in total. The Morgan fingerprint density at radius 2 is 1.82 bits per heavy atom. The minimum atomic E-state index is -0.253. The van der Waals surface area contributed by atoms with Crippen LogP contribution in [0.4, 0.5) is 0 Å². The molecule has 1 N–H and O–H groups in total. The molecule has 2 aromatic carbocycles. The van der Waals surface area contributed by atoms with Gasteiger partial charge >= 0.3 is 0 Å². The van der Waals surface area contributed by atoms with Crippen LogP contribution in [0, 0.1) is 5.41 Å². The quantitative estimate of drug-likeness (QED) is 0.757. The van der Waals surface area contributed by atoms with Gasteiger partial charge in [0.15, 0.2) is 0 Å². The fourth-order valence-electron chi connectivity index (χ4n) is 5.35. The summed E-state index contributed by atoms with van der Waals surface area (Å²) >= 11 is 0. The Morgan fingerprint density at radius 1 is 1.07 bits per heavy atom. The highest BCUT2D eigenvalue weighted by Crippen LogP contribution is 2.51. The largest absolute Gasteiger partial charge is 0.396 e. The van der Waals surface area contributed by atoms with Gasteiger partial charge in [0.05, 0.1) is 6.61 Å². The molecule has 28 heavy (non-hydrogen) atoms. The zero-order valence-electron chi connectivity index (χ0n) is 15.8. The number of amides is 1. The van der Waals surface area contributed by atoms with E-state index in [2.05, 4.69) is 17.1 Å². The van der Waals surface area contributed by atoms with E-state index in [0.29, 0.717) is 5.69 Å². The Bertz CT molecular complexity index is 1020. The number of hydrogen-bond donors (Lipinski definition) is 1. The molecule has 2 saturated heterocycles. The number of pyridine rings is 1. The Balaban J connectivity index is 1.46. The van der Waals surface area contributed by atoms with Crippen molar-refractivity contribution in [2.75, 3.05) is 6.61 Å². The number of hydrogen-bond acceptors (Lipinski definition) is 3. The molecule has 2 aliphatic rings. The van der Waals surface area contributed by atoms with Crippen molar-refractivity contribution in [2.45, 2.75) is 37.8 Å². The van der Waals surface area contributed by atoms with Crippen molar-refractivity contribution in [2.24, 2.45) is 5.41 Å². The maximum Gasteiger partial charge on any atom is 0.272 e. The average molecular weight is 372 g/mol. The van der Waals surface area contributed by atoms with Gasteiger partial charge in [-0.3, -0.25) is 9.78 Å². The third-order valence-corrected chi connectivity index (χ3v) is 6.65. The van der Waals surface area contributed by atoms with Crippen LogP contribution in [0.25, 0.3) is 10.8 Å². The molecule has 0 radical (unpaired) electrons. The molecule has 3 aromatic rings. The second-order valence-electron chi connectivity index (χ2n) is 8.26. The van der Waals surface area contributed by atoms with Crippen molar-refractivity contribution in [3.63, 3.8) is 0 Å². The fourth-order valence-corrected chi connectivity index (χ4v) is 5.35. The van der Waals surface area contributed by atoms with Gasteiger partial charge in [0.2, 0.25) is 0 Å². The molecule has 5 rings (SSSR count). The van der Waals surface area contributed by atoms with Crippen LogP contribution in [0.15, 0.2) is 66.9 Å². The molecule has 4 heteroatoms. The number of benzene rings is 2. The maximum atomic E-state index is 13.4. The number of aromatic nitrogens is 1. The van der Waals surface area contributed by atoms with E-state index in [1.807, 2.05) is 53.4 Å². The van der Waals surface area contributed by atoms with E-state index in [0.717, 1.165) is 36.5 Å². The van der Waals surface area contributed by atoms with Crippen molar-refractivity contribution in [1.29, 1.82) is 0 Å². The van der Waals surface area contributed by atoms with Crippen LogP contribution in [-0.2, 0) is 6.42 Å². The smallest absolute Gasteiger partial charge is 0.272 e. The number of rotatable bonds is 4. The van der Waals surface area contributed by atoms with Gasteiger partial charge in [-0.15, -0.1) is 0 Å². The summed E-state index contributed by atoms with van der Waals surface area (Å²) in [5, 5.41) is 12.4. The predicted octanol–water partition coefficient (Wildman–Crippen LogP) is 3.83. The SMILES string of the molecule is O=C(c1cc2ccccc2cn1)N1[C@@H]2CC[C@H]1[C@](CO)(Cc1ccccc1)C2. The molecular weight excluding hydrogens is 348 g/mol. The van der Waals surface area contributed by atoms with Crippen molar-refractivity contribution < 1.29 is 9.90 Å². The van der Waals surface area contributed by atoms with E-state index in [1.165, 1.54) is 5.56 Å². The summed E-state index contributed by atoms with van der Waals surface area (Å²) in [5.41, 5.74) is 1.47. The molecule has 2 bridgehead atoms. The molecule has 0 spiro atoms. The molecule has 0 saturated carbocycles. The van der Waals surface area contributed by atoms with Gasteiger partial charge in [0.25, 0.3) is 5.91 Å². The summed E-state index contributed by atoms with van der Waals surface area (Å²) < 4.78 is 0. The molecule has 142 valence electrons. The lowest BCUT2D eigenvalue weighted by atomic mass is 9.70. The molecule has 0 aliphatic carbocycles. The first kappa shape index (κ1) is 17.4. The zero-order chi connectivity index (χ0) is 19.1. The summed E-state index contributed by atoms with van der Waals surface area (Å²) in [6.07, 6.45) is 5.42. The van der Waals surface area contributed by atoms with Crippen LogP contribution in [0.2, 0.25) is 0 Å². The molecule has 3 heterocycles. The van der Waals surface area contributed by atoms with Crippen LogP contribution in [0.5, 0.6) is 0 Å². The lowest BCUT2D eigenvalue weighted by molar-refractivity contribution is 0.0567. The van der Waals surface area contributed by atoms with Crippen LogP contribution >= 0.6 is 0 Å². The van der Waals surface area contributed by atoms with E-state index in [9.17, 15) is 9.90 Å². The van der Waals surface area contributed by atoms with Crippen molar-refractivity contribution in [3.05, 3.63) is 78.1 Å². The van der Waals surface area contributed by atoms with Gasteiger partial charge in [0.1, 0.15) is 5.69 Å². The van der Waals surface area contributed by atoms with Crippen LogP contribution < -0.4 is 0 Å². The summed E-state index contributed by atoms with van der Waals surface area (Å²) in [7, 11) is 0.